The van der Waals surface area contributed by atoms with Crippen molar-refractivity contribution in [2.45, 2.75) is 57.7 Å². The van der Waals surface area contributed by atoms with Gasteiger partial charge in [0.1, 0.15) is 0 Å². The first kappa shape index (κ1) is 16.0. The molecule has 1 N–H and O–H groups in total. The molecular weight excluding hydrogens is 279 g/mol. The molecule has 1 atom stereocenters. The monoisotopic (exact) mass is 301 g/mol. The van der Waals surface area contributed by atoms with Crippen molar-refractivity contribution in [3.05, 3.63) is 23.8 Å². The summed E-state index contributed by atoms with van der Waals surface area (Å²) in [6.07, 6.45) is 2.39. The molecule has 1 aliphatic rings. The van der Waals surface area contributed by atoms with E-state index in [0.717, 1.165) is 18.4 Å². The molecule has 0 bridgehead atoms. The first-order valence-electron chi connectivity index (χ1n) is 7.64. The van der Waals surface area contributed by atoms with Gasteiger partial charge in [-0.2, -0.15) is 0 Å². The minimum Gasteiger partial charge on any atom is -0.404 e. The number of fused-ring (bicyclic) bond motifs is 1. The van der Waals surface area contributed by atoms with Gasteiger partial charge in [-0.05, 0) is 18.1 Å². The molecule has 0 saturated carbocycles. The fraction of sp³-hybridized carbons (Fsp3) is 0.625. The summed E-state index contributed by atoms with van der Waals surface area (Å²) in [6.45, 7) is 2.88. The third-order valence-electron chi connectivity index (χ3n) is 3.91. The lowest BCUT2D eigenvalue weighted by atomic mass is 9.94. The average Bonchev–Trinajstić information content (AvgIpc) is 2.81. The molecule has 1 unspecified atom stereocenters. The molecule has 21 heavy (non-hydrogen) atoms. The molecule has 5 heteroatoms. The minimum absolute atomic E-state index is 0.117. The van der Waals surface area contributed by atoms with E-state index in [9.17, 15) is 13.2 Å². The van der Waals surface area contributed by atoms with Crippen LogP contribution in [0.3, 0.4) is 0 Å². The van der Waals surface area contributed by atoms with Crippen LogP contribution in [0.2, 0.25) is 0 Å². The van der Waals surface area contributed by atoms with Crippen LogP contribution < -0.4 is 10.1 Å². The highest BCUT2D eigenvalue weighted by Gasteiger charge is 2.34. The van der Waals surface area contributed by atoms with Crippen molar-refractivity contribution < 1.29 is 17.9 Å². The van der Waals surface area contributed by atoms with Gasteiger partial charge in [-0.1, -0.05) is 51.2 Å². The van der Waals surface area contributed by atoms with Crippen molar-refractivity contribution in [2.75, 3.05) is 11.9 Å². The highest BCUT2D eigenvalue weighted by atomic mass is 19.4. The Morgan fingerprint density at radius 3 is 2.67 bits per heavy atom. The quantitative estimate of drug-likeness (QED) is 0.676. The second-order valence-corrected chi connectivity index (χ2v) is 5.55. The summed E-state index contributed by atoms with van der Waals surface area (Å²) in [5, 5.41) is 3.07. The molecule has 1 heterocycles. The van der Waals surface area contributed by atoms with E-state index in [1.165, 1.54) is 31.7 Å². The van der Waals surface area contributed by atoms with Crippen molar-refractivity contribution in [1.29, 1.82) is 0 Å². The summed E-state index contributed by atoms with van der Waals surface area (Å²) >= 11 is 0. The summed E-state index contributed by atoms with van der Waals surface area (Å²) in [5.41, 5.74) is 1.46. The maximum Gasteiger partial charge on any atom is 0.573 e. The second-order valence-electron chi connectivity index (χ2n) is 5.55. The Morgan fingerprint density at radius 2 is 1.95 bits per heavy atom. The Morgan fingerprint density at radius 1 is 1.19 bits per heavy atom. The van der Waals surface area contributed by atoms with Crippen LogP contribution in [0, 0.1) is 0 Å². The minimum atomic E-state index is -4.64. The molecule has 0 fully saturated rings. The van der Waals surface area contributed by atoms with E-state index in [0.29, 0.717) is 18.2 Å². The fourth-order valence-electron chi connectivity index (χ4n) is 2.87. The van der Waals surface area contributed by atoms with Gasteiger partial charge in [0.05, 0.1) is 5.69 Å². The number of para-hydroxylation sites is 1. The third-order valence-corrected chi connectivity index (χ3v) is 3.91. The highest BCUT2D eigenvalue weighted by molar-refractivity contribution is 5.66. The molecule has 0 spiro atoms. The van der Waals surface area contributed by atoms with Crippen LogP contribution in [0.4, 0.5) is 18.9 Å². The van der Waals surface area contributed by atoms with Gasteiger partial charge in [0.15, 0.2) is 5.75 Å². The topological polar surface area (TPSA) is 21.3 Å². The van der Waals surface area contributed by atoms with Crippen molar-refractivity contribution in [3.63, 3.8) is 0 Å². The Balaban J connectivity index is 1.95. The van der Waals surface area contributed by atoms with Crippen LogP contribution in [0.15, 0.2) is 18.2 Å². The van der Waals surface area contributed by atoms with Gasteiger partial charge in [0, 0.05) is 12.5 Å². The lowest BCUT2D eigenvalue weighted by molar-refractivity contribution is -0.274. The van der Waals surface area contributed by atoms with E-state index < -0.39 is 6.36 Å². The molecule has 0 radical (unpaired) electrons. The summed E-state index contributed by atoms with van der Waals surface area (Å²) < 4.78 is 41.2. The van der Waals surface area contributed by atoms with Gasteiger partial charge in [-0.25, -0.2) is 0 Å². The number of hydrogen-bond acceptors (Lipinski definition) is 2. The molecule has 0 aliphatic carbocycles. The van der Waals surface area contributed by atoms with Crippen LogP contribution in [0.25, 0.3) is 0 Å². The molecule has 1 aromatic rings. The van der Waals surface area contributed by atoms with E-state index >= 15 is 0 Å². The van der Waals surface area contributed by atoms with E-state index in [1.54, 1.807) is 6.07 Å². The number of rotatable bonds is 7. The van der Waals surface area contributed by atoms with Crippen LogP contribution in [-0.4, -0.2) is 12.9 Å². The molecule has 118 valence electrons. The van der Waals surface area contributed by atoms with E-state index in [-0.39, 0.29) is 5.75 Å². The molecule has 0 saturated heterocycles. The lowest BCUT2D eigenvalue weighted by Gasteiger charge is -2.13. The zero-order valence-corrected chi connectivity index (χ0v) is 12.3. The first-order valence-corrected chi connectivity index (χ1v) is 7.64. The standard InChI is InChI=1S/C16H22F3NO/c1-2-3-4-5-6-8-12-11-20-15-13(12)9-7-10-14(15)21-16(17,18)19/h7,9-10,12,20H,2-6,8,11H2,1H3. The van der Waals surface area contributed by atoms with Gasteiger partial charge < -0.3 is 10.1 Å². The van der Waals surface area contributed by atoms with Crippen LogP contribution in [0.5, 0.6) is 5.75 Å². The zero-order valence-electron chi connectivity index (χ0n) is 12.3. The molecule has 2 rings (SSSR count). The van der Waals surface area contributed by atoms with Crippen LogP contribution in [-0.2, 0) is 0 Å². The second kappa shape index (κ2) is 7.05. The smallest absolute Gasteiger partial charge is 0.404 e. The van der Waals surface area contributed by atoms with Gasteiger partial charge in [0.25, 0.3) is 0 Å². The Hall–Kier alpha value is -1.39. The normalized spacial score (nSPS) is 17.4. The zero-order chi connectivity index (χ0) is 15.3. The van der Waals surface area contributed by atoms with Crippen LogP contribution in [0.1, 0.15) is 56.9 Å². The first-order chi connectivity index (χ1) is 10.0. The van der Waals surface area contributed by atoms with E-state index in [2.05, 4.69) is 17.0 Å². The van der Waals surface area contributed by atoms with Crippen molar-refractivity contribution in [2.24, 2.45) is 0 Å². The van der Waals surface area contributed by atoms with Gasteiger partial charge in [-0.15, -0.1) is 13.2 Å². The Labute approximate surface area is 123 Å². The maximum atomic E-state index is 12.4. The Kier molecular flexibility index (Phi) is 5.37. The summed E-state index contributed by atoms with van der Waals surface area (Å²) in [5.74, 6) is 0.173. The highest BCUT2D eigenvalue weighted by Crippen LogP contribution is 2.42. The average molecular weight is 301 g/mol. The molecule has 1 aromatic carbocycles. The number of nitrogens with one attached hydrogen (secondary N) is 1. The van der Waals surface area contributed by atoms with Crippen molar-refractivity contribution in [1.82, 2.24) is 0 Å². The lowest BCUT2D eigenvalue weighted by Crippen LogP contribution is -2.17. The van der Waals surface area contributed by atoms with E-state index in [4.69, 9.17) is 0 Å². The molecule has 0 aromatic heterocycles. The predicted molar refractivity (Wildman–Crippen MR) is 77.7 cm³/mol. The van der Waals surface area contributed by atoms with E-state index in [1.807, 2.05) is 6.07 Å². The van der Waals surface area contributed by atoms with Crippen molar-refractivity contribution >= 4 is 5.69 Å². The fourth-order valence-corrected chi connectivity index (χ4v) is 2.87. The SMILES string of the molecule is CCCCCCCC1CNc2c(OC(F)(F)F)cccc21. The largest absolute Gasteiger partial charge is 0.573 e. The number of alkyl halides is 3. The number of ether oxygens (including phenoxy) is 1. The maximum absolute atomic E-state index is 12.4. The number of halogens is 3. The van der Waals surface area contributed by atoms with Crippen LogP contribution >= 0.6 is 0 Å². The number of unbranched alkanes of at least 4 members (excludes halogenated alkanes) is 4. The van der Waals surface area contributed by atoms with Crippen molar-refractivity contribution in [3.8, 4) is 5.75 Å². The number of anilines is 1. The predicted octanol–water partition coefficient (Wildman–Crippen LogP) is 5.45. The summed E-state index contributed by atoms with van der Waals surface area (Å²) in [4.78, 5) is 0. The third kappa shape index (κ3) is 4.55. The summed E-state index contributed by atoms with van der Waals surface area (Å²) in [6, 6.07) is 4.90. The molecule has 1 aliphatic heterocycles. The molecule has 2 nitrogen and oxygen atoms in total. The van der Waals surface area contributed by atoms with Gasteiger partial charge in [0.2, 0.25) is 0 Å². The number of benzene rings is 1. The molecule has 0 amide bonds. The molecular formula is C16H22F3NO. The van der Waals surface area contributed by atoms with Gasteiger partial charge in [-0.3, -0.25) is 0 Å². The number of hydrogen-bond donors (Lipinski definition) is 1. The Bertz CT molecular complexity index is 459. The van der Waals surface area contributed by atoms with Gasteiger partial charge >= 0.3 is 6.36 Å². The summed E-state index contributed by atoms with van der Waals surface area (Å²) in [7, 11) is 0.